The quantitative estimate of drug-likeness (QED) is 0.759. The van der Waals surface area contributed by atoms with Gasteiger partial charge < -0.3 is 15.0 Å². The summed E-state index contributed by atoms with van der Waals surface area (Å²) >= 11 is 0. The Bertz CT molecular complexity index is 464. The Morgan fingerprint density at radius 1 is 1.44 bits per heavy atom. The number of H-pyrrole nitrogens is 1. The minimum absolute atomic E-state index is 0.770. The van der Waals surface area contributed by atoms with Gasteiger partial charge in [0, 0.05) is 20.3 Å². The summed E-state index contributed by atoms with van der Waals surface area (Å²) in [6, 6.07) is 6.20. The highest BCUT2D eigenvalue weighted by Crippen LogP contribution is 2.15. The van der Waals surface area contributed by atoms with Gasteiger partial charge >= 0.3 is 0 Å². The van der Waals surface area contributed by atoms with Gasteiger partial charge in [-0.05, 0) is 31.0 Å². The number of imidazole rings is 1. The first-order valence-corrected chi connectivity index (χ1v) is 5.49. The Labute approximate surface area is 95.0 Å². The summed E-state index contributed by atoms with van der Waals surface area (Å²) in [5, 5.41) is 3.24. The Morgan fingerprint density at radius 2 is 2.31 bits per heavy atom. The summed E-state index contributed by atoms with van der Waals surface area (Å²) in [7, 11) is 1.71. The van der Waals surface area contributed by atoms with E-state index in [1.165, 1.54) is 5.56 Å². The zero-order valence-electron chi connectivity index (χ0n) is 9.71. The van der Waals surface area contributed by atoms with Gasteiger partial charge in [0.15, 0.2) is 0 Å². The number of rotatable bonds is 5. The van der Waals surface area contributed by atoms with Crippen molar-refractivity contribution in [2.45, 2.75) is 13.3 Å². The standard InChI is InChI=1S/C12H17N3O/c1-9-4-5-10-11(8-9)15-12(14-10)13-6-3-7-16-2/h4-5,8H,3,6-7H2,1-2H3,(H2,13,14,15). The van der Waals surface area contributed by atoms with Crippen LogP contribution in [0.15, 0.2) is 18.2 Å². The van der Waals surface area contributed by atoms with Crippen molar-refractivity contribution in [3.63, 3.8) is 0 Å². The van der Waals surface area contributed by atoms with Gasteiger partial charge in [0.2, 0.25) is 5.95 Å². The fraction of sp³-hybridized carbons (Fsp3) is 0.417. The molecule has 0 unspecified atom stereocenters. The lowest BCUT2D eigenvalue weighted by Gasteiger charge is -2.00. The average Bonchev–Trinajstić information content (AvgIpc) is 2.66. The lowest BCUT2D eigenvalue weighted by atomic mass is 10.2. The monoisotopic (exact) mass is 219 g/mol. The van der Waals surface area contributed by atoms with Gasteiger partial charge in [0.05, 0.1) is 11.0 Å². The summed E-state index contributed by atoms with van der Waals surface area (Å²) in [6.07, 6.45) is 0.979. The number of hydrogen-bond donors (Lipinski definition) is 2. The van der Waals surface area contributed by atoms with Crippen LogP contribution >= 0.6 is 0 Å². The maximum Gasteiger partial charge on any atom is 0.201 e. The predicted octanol–water partition coefficient (Wildman–Crippen LogP) is 2.32. The highest BCUT2D eigenvalue weighted by Gasteiger charge is 2.01. The van der Waals surface area contributed by atoms with E-state index in [-0.39, 0.29) is 0 Å². The molecule has 1 aromatic carbocycles. The largest absolute Gasteiger partial charge is 0.385 e. The van der Waals surface area contributed by atoms with Crippen molar-refractivity contribution >= 4 is 17.0 Å². The molecule has 1 aromatic heterocycles. The second-order valence-electron chi connectivity index (χ2n) is 3.88. The van der Waals surface area contributed by atoms with Crippen LogP contribution in [-0.2, 0) is 4.74 Å². The van der Waals surface area contributed by atoms with Crippen molar-refractivity contribution < 1.29 is 4.74 Å². The predicted molar refractivity (Wildman–Crippen MR) is 65.8 cm³/mol. The number of nitrogens with zero attached hydrogens (tertiary/aromatic N) is 1. The first-order valence-electron chi connectivity index (χ1n) is 5.49. The van der Waals surface area contributed by atoms with Crippen molar-refractivity contribution in [3.05, 3.63) is 23.8 Å². The molecule has 0 atom stereocenters. The van der Waals surface area contributed by atoms with E-state index in [4.69, 9.17) is 4.74 Å². The summed E-state index contributed by atoms with van der Waals surface area (Å²) in [5.41, 5.74) is 3.32. The molecule has 0 bridgehead atoms. The normalized spacial score (nSPS) is 10.9. The number of aromatic nitrogens is 2. The number of methoxy groups -OCH3 is 1. The number of aryl methyl sites for hydroxylation is 1. The molecule has 0 saturated heterocycles. The molecule has 0 radical (unpaired) electrons. The van der Waals surface area contributed by atoms with Crippen LogP contribution in [0.5, 0.6) is 0 Å². The van der Waals surface area contributed by atoms with Crippen LogP contribution in [0.2, 0.25) is 0 Å². The molecule has 0 saturated carbocycles. The number of benzene rings is 1. The van der Waals surface area contributed by atoms with E-state index in [0.717, 1.165) is 36.6 Å². The molecule has 0 aliphatic rings. The Balaban J connectivity index is 2.02. The van der Waals surface area contributed by atoms with Crippen LogP contribution in [0.1, 0.15) is 12.0 Å². The number of hydrogen-bond acceptors (Lipinski definition) is 3. The minimum Gasteiger partial charge on any atom is -0.385 e. The van der Waals surface area contributed by atoms with E-state index in [2.05, 4.69) is 34.3 Å². The van der Waals surface area contributed by atoms with Gasteiger partial charge in [-0.1, -0.05) is 6.07 Å². The number of fused-ring (bicyclic) bond motifs is 1. The van der Waals surface area contributed by atoms with E-state index in [1.807, 2.05) is 6.07 Å². The molecule has 4 heteroatoms. The molecule has 0 aliphatic heterocycles. The minimum atomic E-state index is 0.770. The summed E-state index contributed by atoms with van der Waals surface area (Å²) in [5.74, 6) is 0.830. The van der Waals surface area contributed by atoms with E-state index >= 15 is 0 Å². The van der Waals surface area contributed by atoms with Crippen LogP contribution in [0, 0.1) is 6.92 Å². The maximum absolute atomic E-state index is 4.98. The summed E-state index contributed by atoms with van der Waals surface area (Å²) in [6.45, 7) is 3.71. The van der Waals surface area contributed by atoms with Crippen LogP contribution < -0.4 is 5.32 Å². The van der Waals surface area contributed by atoms with E-state index in [9.17, 15) is 0 Å². The molecule has 16 heavy (non-hydrogen) atoms. The van der Waals surface area contributed by atoms with Crippen molar-refractivity contribution in [2.75, 3.05) is 25.6 Å². The molecular formula is C12H17N3O. The van der Waals surface area contributed by atoms with Gasteiger partial charge in [-0.2, -0.15) is 0 Å². The van der Waals surface area contributed by atoms with Crippen molar-refractivity contribution in [3.8, 4) is 0 Å². The molecule has 0 amide bonds. The van der Waals surface area contributed by atoms with Crippen molar-refractivity contribution in [1.29, 1.82) is 0 Å². The Kier molecular flexibility index (Phi) is 3.41. The second kappa shape index (κ2) is 4.99. The van der Waals surface area contributed by atoms with Gasteiger partial charge in [-0.25, -0.2) is 4.98 Å². The third kappa shape index (κ3) is 2.52. The van der Waals surface area contributed by atoms with E-state index < -0.39 is 0 Å². The Morgan fingerprint density at radius 3 is 3.12 bits per heavy atom. The topological polar surface area (TPSA) is 49.9 Å². The summed E-state index contributed by atoms with van der Waals surface area (Å²) < 4.78 is 4.98. The van der Waals surface area contributed by atoms with Gasteiger partial charge in [-0.15, -0.1) is 0 Å². The van der Waals surface area contributed by atoms with Crippen LogP contribution in [0.25, 0.3) is 11.0 Å². The van der Waals surface area contributed by atoms with Gasteiger partial charge in [-0.3, -0.25) is 0 Å². The lowest BCUT2D eigenvalue weighted by Crippen LogP contribution is -2.05. The Hall–Kier alpha value is -1.55. The van der Waals surface area contributed by atoms with Crippen LogP contribution in [0.4, 0.5) is 5.95 Å². The number of nitrogens with one attached hydrogen (secondary N) is 2. The SMILES string of the molecule is COCCCNc1nc2ccc(C)cc2[nH]1. The zero-order chi connectivity index (χ0) is 11.4. The fourth-order valence-corrected chi connectivity index (χ4v) is 1.63. The maximum atomic E-state index is 4.98. The molecule has 0 fully saturated rings. The molecule has 0 spiro atoms. The third-order valence-electron chi connectivity index (χ3n) is 2.46. The first-order chi connectivity index (χ1) is 7.79. The van der Waals surface area contributed by atoms with E-state index in [0.29, 0.717) is 0 Å². The summed E-state index contributed by atoms with van der Waals surface area (Å²) in [4.78, 5) is 7.69. The zero-order valence-corrected chi connectivity index (χ0v) is 9.71. The molecular weight excluding hydrogens is 202 g/mol. The van der Waals surface area contributed by atoms with Crippen molar-refractivity contribution in [1.82, 2.24) is 9.97 Å². The fourth-order valence-electron chi connectivity index (χ4n) is 1.63. The lowest BCUT2D eigenvalue weighted by molar-refractivity contribution is 0.197. The molecule has 4 nitrogen and oxygen atoms in total. The smallest absolute Gasteiger partial charge is 0.201 e. The molecule has 2 N–H and O–H groups in total. The van der Waals surface area contributed by atoms with Crippen LogP contribution in [0.3, 0.4) is 0 Å². The second-order valence-corrected chi connectivity index (χ2v) is 3.88. The highest BCUT2D eigenvalue weighted by atomic mass is 16.5. The molecule has 2 aromatic rings. The highest BCUT2D eigenvalue weighted by molar-refractivity contribution is 5.78. The van der Waals surface area contributed by atoms with Crippen LogP contribution in [-0.4, -0.2) is 30.2 Å². The third-order valence-corrected chi connectivity index (χ3v) is 2.46. The number of ether oxygens (including phenoxy) is 1. The van der Waals surface area contributed by atoms with E-state index in [1.54, 1.807) is 7.11 Å². The van der Waals surface area contributed by atoms with Crippen molar-refractivity contribution in [2.24, 2.45) is 0 Å². The molecule has 86 valence electrons. The number of aromatic amines is 1. The molecule has 0 aliphatic carbocycles. The molecule has 2 rings (SSSR count). The first kappa shape index (κ1) is 11.0. The number of anilines is 1. The average molecular weight is 219 g/mol. The van der Waals surface area contributed by atoms with Gasteiger partial charge in [0.25, 0.3) is 0 Å². The molecule has 1 heterocycles. The van der Waals surface area contributed by atoms with Gasteiger partial charge in [0.1, 0.15) is 0 Å².